The monoisotopic (exact) mass is 366 g/mol. The van der Waals surface area contributed by atoms with Crippen LogP contribution in [-0.4, -0.2) is 30.0 Å². The molecule has 0 aliphatic heterocycles. The number of carbonyl (C=O) groups excluding carboxylic acids is 2. The van der Waals surface area contributed by atoms with Crippen molar-refractivity contribution < 1.29 is 18.7 Å². The van der Waals surface area contributed by atoms with Crippen molar-refractivity contribution in [3.8, 4) is 11.5 Å². The molecule has 2 unspecified atom stereocenters. The molecule has 0 saturated carbocycles. The van der Waals surface area contributed by atoms with Crippen LogP contribution in [0.2, 0.25) is 0 Å². The molecule has 3 rings (SSSR count). The topological polar surface area (TPSA) is 81.4 Å². The third kappa shape index (κ3) is 3.84. The first-order valence-corrected chi connectivity index (χ1v) is 8.87. The Labute approximate surface area is 157 Å². The number of para-hydroxylation sites is 1. The number of methoxy groups -OCH3 is 1. The summed E-state index contributed by atoms with van der Waals surface area (Å²) in [5.74, 6) is -0.292. The number of hydrogen-bond acceptors (Lipinski definition) is 5. The zero-order valence-corrected chi connectivity index (χ0v) is 15.6. The Balaban J connectivity index is 2.04. The van der Waals surface area contributed by atoms with E-state index < -0.39 is 12.0 Å². The Hall–Kier alpha value is -3.15. The third-order valence-electron chi connectivity index (χ3n) is 4.69. The Morgan fingerprint density at radius 1 is 1.22 bits per heavy atom. The zero-order valence-electron chi connectivity index (χ0n) is 15.6. The minimum atomic E-state index is -0.716. The van der Waals surface area contributed by atoms with Gasteiger partial charge in [0.05, 0.1) is 24.5 Å². The number of nitrogens with one attached hydrogen (secondary N) is 1. The molecule has 0 saturated heterocycles. The lowest BCUT2D eigenvalue weighted by molar-refractivity contribution is -0.144. The molecular weight excluding hydrogens is 344 g/mol. The van der Waals surface area contributed by atoms with E-state index in [1.165, 1.54) is 7.11 Å². The van der Waals surface area contributed by atoms with E-state index in [2.05, 4.69) is 10.3 Å². The summed E-state index contributed by atoms with van der Waals surface area (Å²) >= 11 is 0. The summed E-state index contributed by atoms with van der Waals surface area (Å²) in [6.07, 6.45) is 2.29. The summed E-state index contributed by atoms with van der Waals surface area (Å²) in [6, 6.07) is 11.9. The third-order valence-corrected chi connectivity index (χ3v) is 4.69. The van der Waals surface area contributed by atoms with E-state index in [4.69, 9.17) is 9.15 Å². The molecule has 1 N–H and O–H groups in total. The van der Waals surface area contributed by atoms with Gasteiger partial charge >= 0.3 is 5.97 Å². The fourth-order valence-electron chi connectivity index (χ4n) is 2.93. The highest BCUT2D eigenvalue weighted by atomic mass is 16.5. The standard InChI is InChI=1S/C21H22N2O4/c1-4-13(2)19(21(25)26-3)23-20(24)15-12-17(18-10-7-11-27-18)22-16-9-6-5-8-14(15)16/h5-13,19H,4H2,1-3H3,(H,23,24). The van der Waals surface area contributed by atoms with Crippen molar-refractivity contribution >= 4 is 22.8 Å². The predicted octanol–water partition coefficient (Wildman–Crippen LogP) is 3.81. The van der Waals surface area contributed by atoms with E-state index in [0.717, 1.165) is 6.42 Å². The quantitative estimate of drug-likeness (QED) is 0.671. The average molecular weight is 366 g/mol. The number of ether oxygens (including phenoxy) is 1. The largest absolute Gasteiger partial charge is 0.467 e. The molecule has 1 aromatic carbocycles. The molecule has 27 heavy (non-hydrogen) atoms. The molecule has 2 heterocycles. The fraction of sp³-hybridized carbons (Fsp3) is 0.286. The number of benzene rings is 1. The summed E-state index contributed by atoms with van der Waals surface area (Å²) < 4.78 is 10.3. The highest BCUT2D eigenvalue weighted by Crippen LogP contribution is 2.25. The van der Waals surface area contributed by atoms with Crippen molar-refractivity contribution in [1.29, 1.82) is 0 Å². The highest BCUT2D eigenvalue weighted by molar-refractivity contribution is 6.08. The first-order valence-electron chi connectivity index (χ1n) is 8.87. The molecule has 0 radical (unpaired) electrons. The summed E-state index contributed by atoms with van der Waals surface area (Å²) in [5.41, 5.74) is 1.67. The molecule has 6 heteroatoms. The van der Waals surface area contributed by atoms with Gasteiger partial charge in [-0.3, -0.25) is 4.79 Å². The Bertz CT molecular complexity index is 950. The van der Waals surface area contributed by atoms with Gasteiger partial charge in [-0.15, -0.1) is 0 Å². The summed E-state index contributed by atoms with van der Waals surface area (Å²) in [7, 11) is 1.32. The number of esters is 1. The van der Waals surface area contributed by atoms with Gasteiger partial charge in [0.15, 0.2) is 5.76 Å². The van der Waals surface area contributed by atoms with Gasteiger partial charge < -0.3 is 14.5 Å². The number of hydrogen-bond donors (Lipinski definition) is 1. The highest BCUT2D eigenvalue weighted by Gasteiger charge is 2.28. The van der Waals surface area contributed by atoms with Crippen molar-refractivity contribution in [2.24, 2.45) is 5.92 Å². The van der Waals surface area contributed by atoms with E-state index in [1.807, 2.05) is 38.1 Å². The van der Waals surface area contributed by atoms with Gasteiger partial charge in [0.25, 0.3) is 5.91 Å². The maximum absolute atomic E-state index is 13.1. The zero-order chi connectivity index (χ0) is 19.4. The second-order valence-corrected chi connectivity index (χ2v) is 6.41. The van der Waals surface area contributed by atoms with Crippen molar-refractivity contribution in [2.45, 2.75) is 26.3 Å². The van der Waals surface area contributed by atoms with Gasteiger partial charge in [0, 0.05) is 5.39 Å². The van der Waals surface area contributed by atoms with Gasteiger partial charge in [-0.1, -0.05) is 38.5 Å². The van der Waals surface area contributed by atoms with Crippen LogP contribution in [0.1, 0.15) is 30.6 Å². The number of nitrogens with zero attached hydrogens (tertiary/aromatic N) is 1. The van der Waals surface area contributed by atoms with Gasteiger partial charge in [-0.2, -0.15) is 0 Å². The molecule has 0 fully saturated rings. The van der Waals surface area contributed by atoms with Crippen LogP contribution in [0.15, 0.2) is 53.1 Å². The second kappa shape index (κ2) is 8.03. The number of carbonyl (C=O) groups is 2. The lowest BCUT2D eigenvalue weighted by Gasteiger charge is -2.22. The second-order valence-electron chi connectivity index (χ2n) is 6.41. The number of amides is 1. The van der Waals surface area contributed by atoms with Crippen LogP contribution in [0.25, 0.3) is 22.4 Å². The van der Waals surface area contributed by atoms with E-state index in [-0.39, 0.29) is 11.8 Å². The molecule has 0 bridgehead atoms. The van der Waals surface area contributed by atoms with E-state index in [9.17, 15) is 9.59 Å². The Kier molecular flexibility index (Phi) is 5.54. The first-order chi connectivity index (χ1) is 13.0. The van der Waals surface area contributed by atoms with Crippen LogP contribution in [0.5, 0.6) is 0 Å². The molecule has 6 nitrogen and oxygen atoms in total. The number of fused-ring (bicyclic) bond motifs is 1. The molecule has 2 atom stereocenters. The van der Waals surface area contributed by atoms with Crippen LogP contribution in [0.3, 0.4) is 0 Å². The Morgan fingerprint density at radius 3 is 2.67 bits per heavy atom. The maximum atomic E-state index is 13.1. The molecular formula is C21H22N2O4. The summed E-state index contributed by atoms with van der Waals surface area (Å²) in [5, 5.41) is 3.53. The Morgan fingerprint density at radius 2 is 2.00 bits per heavy atom. The maximum Gasteiger partial charge on any atom is 0.328 e. The molecule has 3 aromatic rings. The molecule has 0 spiro atoms. The normalized spacial score (nSPS) is 13.1. The van der Waals surface area contributed by atoms with Crippen molar-refractivity contribution in [3.05, 3.63) is 54.3 Å². The average Bonchev–Trinajstić information content (AvgIpc) is 3.24. The van der Waals surface area contributed by atoms with Crippen LogP contribution >= 0.6 is 0 Å². The predicted molar refractivity (Wildman–Crippen MR) is 102 cm³/mol. The minimum Gasteiger partial charge on any atom is -0.467 e. The first kappa shape index (κ1) is 18.6. The van der Waals surface area contributed by atoms with Gasteiger partial charge in [0.1, 0.15) is 11.7 Å². The fourth-order valence-corrected chi connectivity index (χ4v) is 2.93. The van der Waals surface area contributed by atoms with E-state index >= 15 is 0 Å². The van der Waals surface area contributed by atoms with E-state index in [0.29, 0.717) is 27.9 Å². The van der Waals surface area contributed by atoms with Gasteiger partial charge in [-0.05, 0) is 30.2 Å². The minimum absolute atomic E-state index is 0.0564. The molecule has 0 aliphatic rings. The van der Waals surface area contributed by atoms with Crippen LogP contribution < -0.4 is 5.32 Å². The van der Waals surface area contributed by atoms with Crippen molar-refractivity contribution in [2.75, 3.05) is 7.11 Å². The number of aromatic nitrogens is 1. The SMILES string of the molecule is CCC(C)C(NC(=O)c1cc(-c2ccco2)nc2ccccc12)C(=O)OC. The van der Waals surface area contributed by atoms with Crippen LogP contribution in [-0.2, 0) is 9.53 Å². The van der Waals surface area contributed by atoms with Crippen LogP contribution in [0.4, 0.5) is 0 Å². The van der Waals surface area contributed by atoms with E-state index in [1.54, 1.807) is 24.5 Å². The lowest BCUT2D eigenvalue weighted by atomic mass is 9.98. The molecule has 140 valence electrons. The van der Waals surface area contributed by atoms with Crippen LogP contribution in [0, 0.1) is 5.92 Å². The molecule has 0 aliphatic carbocycles. The van der Waals surface area contributed by atoms with Gasteiger partial charge in [-0.25, -0.2) is 9.78 Å². The number of pyridine rings is 1. The summed E-state index contributed by atoms with van der Waals surface area (Å²) in [4.78, 5) is 29.8. The smallest absolute Gasteiger partial charge is 0.328 e. The molecule has 2 aromatic heterocycles. The number of rotatable bonds is 6. The van der Waals surface area contributed by atoms with Gasteiger partial charge in [0.2, 0.25) is 0 Å². The summed E-state index contributed by atoms with van der Waals surface area (Å²) in [6.45, 7) is 3.87. The molecule has 1 amide bonds. The lowest BCUT2D eigenvalue weighted by Crippen LogP contribution is -2.45. The number of furan rings is 1. The van der Waals surface area contributed by atoms with Crippen molar-refractivity contribution in [1.82, 2.24) is 10.3 Å². The van der Waals surface area contributed by atoms with Crippen molar-refractivity contribution in [3.63, 3.8) is 0 Å².